The van der Waals surface area contributed by atoms with Crippen LogP contribution in [0.25, 0.3) is 0 Å². The molecule has 0 spiro atoms. The number of carbonyl (C=O) groups is 1. The highest BCUT2D eigenvalue weighted by molar-refractivity contribution is 5.92. The highest BCUT2D eigenvalue weighted by Crippen LogP contribution is 2.32. The van der Waals surface area contributed by atoms with Crippen LogP contribution in [0.5, 0.6) is 11.5 Å². The van der Waals surface area contributed by atoms with Crippen LogP contribution < -0.4 is 20.1 Å². The molecule has 0 saturated heterocycles. The molecule has 0 unspecified atom stereocenters. The first-order valence-corrected chi connectivity index (χ1v) is 9.28. The van der Waals surface area contributed by atoms with Crippen molar-refractivity contribution >= 4 is 11.6 Å². The van der Waals surface area contributed by atoms with E-state index in [1.54, 1.807) is 24.4 Å². The van der Waals surface area contributed by atoms with Crippen LogP contribution in [-0.4, -0.2) is 24.2 Å². The van der Waals surface area contributed by atoms with Crippen LogP contribution in [0, 0.1) is 5.82 Å². The second-order valence-electron chi connectivity index (χ2n) is 6.61. The zero-order chi connectivity index (χ0) is 20.1. The van der Waals surface area contributed by atoms with E-state index < -0.39 is 0 Å². The van der Waals surface area contributed by atoms with Gasteiger partial charge < -0.3 is 20.1 Å². The molecular formula is C22H20FN3O3. The van der Waals surface area contributed by atoms with Crippen molar-refractivity contribution in [1.29, 1.82) is 0 Å². The molecule has 29 heavy (non-hydrogen) atoms. The van der Waals surface area contributed by atoms with E-state index in [-0.39, 0.29) is 18.5 Å². The molecule has 1 aromatic heterocycles. The number of aromatic nitrogens is 1. The van der Waals surface area contributed by atoms with E-state index in [2.05, 4.69) is 15.6 Å². The zero-order valence-electron chi connectivity index (χ0n) is 15.7. The second-order valence-corrected chi connectivity index (χ2v) is 6.61. The molecule has 6 nitrogen and oxygen atoms in total. The van der Waals surface area contributed by atoms with Gasteiger partial charge in [0.05, 0.1) is 11.9 Å². The molecule has 2 aromatic carbocycles. The number of anilines is 1. The topological polar surface area (TPSA) is 72.5 Å². The Morgan fingerprint density at radius 3 is 2.59 bits per heavy atom. The summed E-state index contributed by atoms with van der Waals surface area (Å²) in [6.45, 7) is 1.31. The van der Waals surface area contributed by atoms with Gasteiger partial charge in [0.15, 0.2) is 11.5 Å². The fourth-order valence-corrected chi connectivity index (χ4v) is 2.95. The summed E-state index contributed by atoms with van der Waals surface area (Å²) in [6.07, 6.45) is 2.25. The monoisotopic (exact) mass is 393 g/mol. The predicted molar refractivity (Wildman–Crippen MR) is 107 cm³/mol. The average Bonchev–Trinajstić information content (AvgIpc) is 3.22. The third-order valence-corrected chi connectivity index (χ3v) is 4.54. The molecule has 1 aliphatic rings. The Hall–Kier alpha value is -3.61. The first-order valence-electron chi connectivity index (χ1n) is 9.28. The number of benzene rings is 2. The Labute approximate surface area is 167 Å². The smallest absolute Gasteiger partial charge is 0.269 e. The number of hydrogen-bond acceptors (Lipinski definition) is 5. The van der Waals surface area contributed by atoms with Gasteiger partial charge in [-0.2, -0.15) is 0 Å². The summed E-state index contributed by atoms with van der Waals surface area (Å²) in [4.78, 5) is 16.4. The van der Waals surface area contributed by atoms with E-state index in [4.69, 9.17) is 9.47 Å². The Bertz CT molecular complexity index is 991. The molecule has 1 amide bonds. The van der Waals surface area contributed by atoms with Crippen molar-refractivity contribution in [3.63, 3.8) is 0 Å². The van der Waals surface area contributed by atoms with Gasteiger partial charge >= 0.3 is 0 Å². The van der Waals surface area contributed by atoms with Crippen molar-refractivity contribution in [3.05, 3.63) is 83.4 Å². The van der Waals surface area contributed by atoms with E-state index in [0.29, 0.717) is 25.2 Å². The van der Waals surface area contributed by atoms with Crippen LogP contribution in [0.15, 0.2) is 60.8 Å². The van der Waals surface area contributed by atoms with Crippen molar-refractivity contribution in [2.24, 2.45) is 0 Å². The summed E-state index contributed by atoms with van der Waals surface area (Å²) in [6, 6.07) is 15.5. The molecule has 0 aliphatic carbocycles. The Morgan fingerprint density at radius 1 is 1.00 bits per heavy atom. The van der Waals surface area contributed by atoms with E-state index in [9.17, 15) is 9.18 Å². The lowest BCUT2D eigenvalue weighted by Gasteiger charge is -2.08. The molecule has 0 atom stereocenters. The highest BCUT2D eigenvalue weighted by Gasteiger charge is 2.13. The minimum absolute atomic E-state index is 0.241. The fraction of sp³-hybridized carbons (Fsp3) is 0.182. The maximum absolute atomic E-state index is 12.9. The zero-order valence-corrected chi connectivity index (χ0v) is 15.7. The van der Waals surface area contributed by atoms with Gasteiger partial charge in [0.2, 0.25) is 6.79 Å². The van der Waals surface area contributed by atoms with Crippen LogP contribution in [-0.2, 0) is 13.0 Å². The van der Waals surface area contributed by atoms with E-state index in [1.807, 2.05) is 24.3 Å². The third kappa shape index (κ3) is 4.82. The van der Waals surface area contributed by atoms with Crippen molar-refractivity contribution in [1.82, 2.24) is 10.3 Å². The van der Waals surface area contributed by atoms with Crippen LogP contribution in [0.1, 0.15) is 21.6 Å². The molecule has 0 bridgehead atoms. The predicted octanol–water partition coefficient (Wildman–Crippen LogP) is 3.53. The number of carbonyl (C=O) groups excluding carboxylic acids is 1. The third-order valence-electron chi connectivity index (χ3n) is 4.54. The summed E-state index contributed by atoms with van der Waals surface area (Å²) in [5.74, 6) is 0.990. The Morgan fingerprint density at radius 2 is 1.79 bits per heavy atom. The van der Waals surface area contributed by atoms with Gasteiger partial charge in [0.25, 0.3) is 5.91 Å². The molecule has 148 valence electrons. The molecule has 4 rings (SSSR count). The Kier molecular flexibility index (Phi) is 5.56. The molecule has 2 N–H and O–H groups in total. The lowest BCUT2D eigenvalue weighted by molar-refractivity contribution is 0.0949. The van der Waals surface area contributed by atoms with Gasteiger partial charge in [0, 0.05) is 13.1 Å². The standard InChI is InChI=1S/C22H20FN3O3/c23-17-4-1-15(2-5-17)9-10-24-22(27)19-7-6-18(13-26-19)25-12-16-3-8-20-21(11-16)29-14-28-20/h1-8,11,13,25H,9-10,12,14H2,(H,24,27). The van der Waals surface area contributed by atoms with Gasteiger partial charge in [0.1, 0.15) is 11.5 Å². The number of hydrogen-bond donors (Lipinski definition) is 2. The number of rotatable bonds is 7. The van der Waals surface area contributed by atoms with Crippen molar-refractivity contribution in [3.8, 4) is 11.5 Å². The number of pyridine rings is 1. The van der Waals surface area contributed by atoms with Crippen molar-refractivity contribution in [2.45, 2.75) is 13.0 Å². The molecule has 0 radical (unpaired) electrons. The molecule has 3 aromatic rings. The van der Waals surface area contributed by atoms with Gasteiger partial charge in [-0.1, -0.05) is 18.2 Å². The fourth-order valence-electron chi connectivity index (χ4n) is 2.95. The van der Waals surface area contributed by atoms with Crippen molar-refractivity contribution in [2.75, 3.05) is 18.7 Å². The van der Waals surface area contributed by atoms with Gasteiger partial charge in [-0.25, -0.2) is 9.37 Å². The van der Waals surface area contributed by atoms with E-state index >= 15 is 0 Å². The minimum atomic E-state index is -0.269. The lowest BCUT2D eigenvalue weighted by Crippen LogP contribution is -2.26. The quantitative estimate of drug-likeness (QED) is 0.643. The maximum Gasteiger partial charge on any atom is 0.269 e. The molecule has 0 saturated carbocycles. The normalized spacial score (nSPS) is 11.9. The van der Waals surface area contributed by atoms with E-state index in [1.165, 1.54) is 12.1 Å². The minimum Gasteiger partial charge on any atom is -0.454 e. The molecular weight excluding hydrogens is 373 g/mol. The van der Waals surface area contributed by atoms with Crippen LogP contribution in [0.2, 0.25) is 0 Å². The van der Waals surface area contributed by atoms with Crippen molar-refractivity contribution < 1.29 is 18.7 Å². The maximum atomic E-state index is 12.9. The second kappa shape index (κ2) is 8.60. The average molecular weight is 393 g/mol. The number of fused-ring (bicyclic) bond motifs is 1. The molecule has 1 aliphatic heterocycles. The van der Waals surface area contributed by atoms with Gasteiger partial charge in [-0.3, -0.25) is 4.79 Å². The molecule has 2 heterocycles. The SMILES string of the molecule is O=C(NCCc1ccc(F)cc1)c1ccc(NCc2ccc3c(c2)OCO3)cn1. The first-order chi connectivity index (χ1) is 14.2. The number of nitrogens with zero attached hydrogens (tertiary/aromatic N) is 1. The summed E-state index contributed by atoms with van der Waals surface area (Å²) < 4.78 is 23.6. The summed E-state index contributed by atoms with van der Waals surface area (Å²) in [7, 11) is 0. The number of amides is 1. The lowest BCUT2D eigenvalue weighted by atomic mass is 10.1. The summed E-state index contributed by atoms with van der Waals surface area (Å²) in [5.41, 5.74) is 3.17. The summed E-state index contributed by atoms with van der Waals surface area (Å²) >= 11 is 0. The van der Waals surface area contributed by atoms with Crippen LogP contribution in [0.4, 0.5) is 10.1 Å². The van der Waals surface area contributed by atoms with Gasteiger partial charge in [-0.15, -0.1) is 0 Å². The van der Waals surface area contributed by atoms with Gasteiger partial charge in [-0.05, 0) is 53.9 Å². The van der Waals surface area contributed by atoms with Crippen LogP contribution in [0.3, 0.4) is 0 Å². The number of halogens is 1. The van der Waals surface area contributed by atoms with Crippen LogP contribution >= 0.6 is 0 Å². The summed E-state index contributed by atoms with van der Waals surface area (Å²) in [5, 5.41) is 6.09. The first kappa shape index (κ1) is 18.7. The number of ether oxygens (including phenoxy) is 2. The Balaban J connectivity index is 1.26. The molecule has 7 heteroatoms. The highest BCUT2D eigenvalue weighted by atomic mass is 19.1. The largest absolute Gasteiger partial charge is 0.454 e. The molecule has 0 fully saturated rings. The van der Waals surface area contributed by atoms with E-state index in [0.717, 1.165) is 28.3 Å². The number of nitrogens with one attached hydrogen (secondary N) is 2.